The van der Waals surface area contributed by atoms with Crippen molar-refractivity contribution in [3.8, 4) is 0 Å². The van der Waals surface area contributed by atoms with Gasteiger partial charge in [0.2, 0.25) is 0 Å². The maximum Gasteiger partial charge on any atom is 0.257 e. The molecule has 1 atom stereocenters. The molecular formula is C8H15N3O3S. The van der Waals surface area contributed by atoms with Gasteiger partial charge in [-0.05, 0) is 19.4 Å². The van der Waals surface area contributed by atoms with Gasteiger partial charge in [0.05, 0.1) is 6.20 Å². The molecule has 0 fully saturated rings. The maximum atomic E-state index is 11.6. The Balaban J connectivity index is 2.57. The molecule has 0 saturated carbocycles. The van der Waals surface area contributed by atoms with Crippen molar-refractivity contribution in [2.75, 3.05) is 13.7 Å². The molecule has 1 aromatic rings. The van der Waals surface area contributed by atoms with E-state index < -0.39 is 10.0 Å². The second-order valence-corrected chi connectivity index (χ2v) is 4.91. The van der Waals surface area contributed by atoms with Crippen LogP contribution < -0.4 is 4.72 Å². The Bertz CT molecular complexity index is 374. The van der Waals surface area contributed by atoms with Gasteiger partial charge in [-0.25, -0.2) is 13.1 Å². The summed E-state index contributed by atoms with van der Waals surface area (Å²) >= 11 is 0. The lowest BCUT2D eigenvalue weighted by atomic mass is 10.3. The number of nitrogens with one attached hydrogen (secondary N) is 2. The number of aromatic nitrogens is 2. The van der Waals surface area contributed by atoms with Gasteiger partial charge in [-0.2, -0.15) is 5.10 Å². The van der Waals surface area contributed by atoms with Crippen LogP contribution in [0.4, 0.5) is 0 Å². The monoisotopic (exact) mass is 233 g/mol. The quantitative estimate of drug-likeness (QED) is 0.730. The third kappa shape index (κ3) is 3.61. The first-order chi connectivity index (χ1) is 7.06. The van der Waals surface area contributed by atoms with Gasteiger partial charge in [-0.3, -0.25) is 5.10 Å². The van der Waals surface area contributed by atoms with Gasteiger partial charge >= 0.3 is 0 Å². The molecule has 6 nitrogen and oxygen atoms in total. The molecule has 0 saturated heterocycles. The van der Waals surface area contributed by atoms with Gasteiger partial charge in [0.15, 0.2) is 5.03 Å². The lowest BCUT2D eigenvalue weighted by molar-refractivity contribution is 0.188. The zero-order valence-electron chi connectivity index (χ0n) is 8.73. The van der Waals surface area contributed by atoms with Crippen molar-refractivity contribution in [1.29, 1.82) is 0 Å². The Labute approximate surface area is 89.1 Å². The van der Waals surface area contributed by atoms with E-state index in [1.54, 1.807) is 14.0 Å². The van der Waals surface area contributed by atoms with Crippen LogP contribution in [0.2, 0.25) is 0 Å². The van der Waals surface area contributed by atoms with Crippen molar-refractivity contribution in [2.45, 2.75) is 24.4 Å². The Morgan fingerprint density at radius 2 is 2.40 bits per heavy atom. The molecule has 1 aromatic heterocycles. The van der Waals surface area contributed by atoms with E-state index in [2.05, 4.69) is 14.9 Å². The molecule has 0 aliphatic carbocycles. The summed E-state index contributed by atoms with van der Waals surface area (Å²) in [6.07, 6.45) is 2.03. The molecule has 0 aliphatic heterocycles. The van der Waals surface area contributed by atoms with Gasteiger partial charge in [0, 0.05) is 19.8 Å². The summed E-state index contributed by atoms with van der Waals surface area (Å²) in [5.41, 5.74) is 0. The van der Waals surface area contributed by atoms with Gasteiger partial charge in [0.25, 0.3) is 10.0 Å². The molecule has 0 bridgehead atoms. The molecule has 1 unspecified atom stereocenters. The SMILES string of the molecule is COCCC(C)NS(=O)(=O)c1ccn[nH]1. The van der Waals surface area contributed by atoms with E-state index in [4.69, 9.17) is 4.74 Å². The summed E-state index contributed by atoms with van der Waals surface area (Å²) in [7, 11) is -1.89. The molecule has 7 heteroatoms. The molecule has 0 amide bonds. The first-order valence-electron chi connectivity index (χ1n) is 4.57. The largest absolute Gasteiger partial charge is 0.385 e. The summed E-state index contributed by atoms with van der Waals surface area (Å²) in [4.78, 5) is 0. The van der Waals surface area contributed by atoms with Gasteiger partial charge in [-0.15, -0.1) is 0 Å². The van der Waals surface area contributed by atoms with Crippen LogP contribution in [0.5, 0.6) is 0 Å². The van der Waals surface area contributed by atoms with E-state index in [1.165, 1.54) is 12.3 Å². The highest BCUT2D eigenvalue weighted by Gasteiger charge is 2.17. The number of sulfonamides is 1. The van der Waals surface area contributed by atoms with Gasteiger partial charge < -0.3 is 4.74 Å². The van der Waals surface area contributed by atoms with E-state index in [1.807, 2.05) is 0 Å². The number of hydrogen-bond acceptors (Lipinski definition) is 4. The molecule has 1 heterocycles. The highest BCUT2D eigenvalue weighted by Crippen LogP contribution is 2.04. The minimum absolute atomic E-state index is 0.0757. The van der Waals surface area contributed by atoms with E-state index in [0.29, 0.717) is 13.0 Å². The Kier molecular flexibility index (Phi) is 4.25. The molecule has 0 radical (unpaired) electrons. The first kappa shape index (κ1) is 12.2. The van der Waals surface area contributed by atoms with Crippen LogP contribution in [0.3, 0.4) is 0 Å². The van der Waals surface area contributed by atoms with E-state index >= 15 is 0 Å². The number of ether oxygens (including phenoxy) is 1. The van der Waals surface area contributed by atoms with Crippen LogP contribution in [0.15, 0.2) is 17.3 Å². The predicted molar refractivity (Wildman–Crippen MR) is 54.9 cm³/mol. The maximum absolute atomic E-state index is 11.6. The average molecular weight is 233 g/mol. The van der Waals surface area contributed by atoms with Crippen molar-refractivity contribution in [3.05, 3.63) is 12.3 Å². The Morgan fingerprint density at radius 1 is 1.67 bits per heavy atom. The molecule has 0 aromatic carbocycles. The summed E-state index contributed by atoms with van der Waals surface area (Å²) in [5, 5.41) is 6.07. The fourth-order valence-electron chi connectivity index (χ4n) is 1.07. The molecule has 2 N–H and O–H groups in total. The third-order valence-electron chi connectivity index (χ3n) is 1.88. The van der Waals surface area contributed by atoms with E-state index in [9.17, 15) is 8.42 Å². The summed E-state index contributed by atoms with van der Waals surface area (Å²) in [6.45, 7) is 2.31. The van der Waals surface area contributed by atoms with Crippen LogP contribution in [0.25, 0.3) is 0 Å². The second-order valence-electron chi connectivity index (χ2n) is 3.22. The average Bonchev–Trinajstić information content (AvgIpc) is 2.67. The highest BCUT2D eigenvalue weighted by molar-refractivity contribution is 7.89. The smallest absolute Gasteiger partial charge is 0.257 e. The molecule has 0 spiro atoms. The number of aromatic amines is 1. The lowest BCUT2D eigenvalue weighted by Crippen LogP contribution is -2.33. The molecule has 0 aliphatic rings. The molecule has 86 valence electrons. The number of hydrogen-bond donors (Lipinski definition) is 2. The second kappa shape index (κ2) is 5.24. The van der Waals surface area contributed by atoms with Crippen molar-refractivity contribution in [2.24, 2.45) is 0 Å². The Hall–Kier alpha value is -0.920. The standard InChI is InChI=1S/C8H15N3O3S/c1-7(4-6-14-2)11-15(12,13)8-3-5-9-10-8/h3,5,7,11H,4,6H2,1-2H3,(H,9,10). The fraction of sp³-hybridized carbons (Fsp3) is 0.625. The van der Waals surface area contributed by atoms with Crippen molar-refractivity contribution >= 4 is 10.0 Å². The zero-order chi connectivity index (χ0) is 11.3. The number of methoxy groups -OCH3 is 1. The minimum atomic E-state index is -3.47. The number of H-pyrrole nitrogens is 1. The minimum Gasteiger partial charge on any atom is -0.385 e. The zero-order valence-corrected chi connectivity index (χ0v) is 9.54. The molecule has 15 heavy (non-hydrogen) atoms. The van der Waals surface area contributed by atoms with Crippen LogP contribution in [0.1, 0.15) is 13.3 Å². The Morgan fingerprint density at radius 3 is 2.93 bits per heavy atom. The van der Waals surface area contributed by atoms with Crippen molar-refractivity contribution < 1.29 is 13.2 Å². The summed E-state index contributed by atoms with van der Waals surface area (Å²) < 4.78 is 30.7. The third-order valence-corrected chi connectivity index (χ3v) is 3.40. The van der Waals surface area contributed by atoms with Gasteiger partial charge in [0.1, 0.15) is 0 Å². The van der Waals surface area contributed by atoms with Gasteiger partial charge in [-0.1, -0.05) is 0 Å². The first-order valence-corrected chi connectivity index (χ1v) is 6.05. The number of nitrogens with zero attached hydrogens (tertiary/aromatic N) is 1. The number of rotatable bonds is 6. The van der Waals surface area contributed by atoms with E-state index in [0.717, 1.165) is 0 Å². The summed E-state index contributed by atoms with van der Waals surface area (Å²) in [6, 6.07) is 1.24. The van der Waals surface area contributed by atoms with Crippen molar-refractivity contribution in [1.82, 2.24) is 14.9 Å². The lowest BCUT2D eigenvalue weighted by Gasteiger charge is -2.12. The predicted octanol–water partition coefficient (Wildman–Crippen LogP) is 0.113. The summed E-state index contributed by atoms with van der Waals surface area (Å²) in [5.74, 6) is 0. The normalized spacial score (nSPS) is 14.0. The van der Waals surface area contributed by atoms with Crippen LogP contribution in [0, 0.1) is 0 Å². The van der Waals surface area contributed by atoms with Crippen molar-refractivity contribution in [3.63, 3.8) is 0 Å². The van der Waals surface area contributed by atoms with Crippen LogP contribution >= 0.6 is 0 Å². The van der Waals surface area contributed by atoms with Crippen LogP contribution in [-0.2, 0) is 14.8 Å². The fourth-order valence-corrected chi connectivity index (χ4v) is 2.26. The topological polar surface area (TPSA) is 84.1 Å². The highest BCUT2D eigenvalue weighted by atomic mass is 32.2. The van der Waals surface area contributed by atoms with Crippen LogP contribution in [-0.4, -0.2) is 38.4 Å². The molecular weight excluding hydrogens is 218 g/mol. The van der Waals surface area contributed by atoms with E-state index in [-0.39, 0.29) is 11.1 Å². The molecule has 1 rings (SSSR count).